The second-order valence-electron chi connectivity index (χ2n) is 7.86. The molecule has 0 aromatic heterocycles. The molecular formula is C10H28Cl2Si4. The lowest BCUT2D eigenvalue weighted by Crippen LogP contribution is -2.86. The van der Waals surface area contributed by atoms with Crippen LogP contribution in [0.25, 0.3) is 0 Å². The van der Waals surface area contributed by atoms with Crippen LogP contribution in [-0.2, 0) is 0 Å². The molecule has 0 N–H and O–H groups in total. The molecule has 0 aromatic carbocycles. The predicted octanol–water partition coefficient (Wildman–Crippen LogP) is 5.03. The van der Waals surface area contributed by atoms with Gasteiger partial charge in [0.15, 0.2) is 0 Å². The standard InChI is InChI=1S/C10H28Cl2Si4/c1-13(2,3)16(10(11)12,14(4,5)6)15(7,8)9/h10H,1-9H3. The van der Waals surface area contributed by atoms with Gasteiger partial charge in [0.25, 0.3) is 0 Å². The van der Waals surface area contributed by atoms with E-state index < -0.39 is 29.4 Å². The van der Waals surface area contributed by atoms with E-state index in [-0.39, 0.29) is 4.46 Å². The molecule has 0 aromatic rings. The minimum Gasteiger partial charge on any atom is -0.110 e. The summed E-state index contributed by atoms with van der Waals surface area (Å²) in [5, 5.41) is 0. The van der Waals surface area contributed by atoms with Gasteiger partial charge in [-0.25, -0.2) is 0 Å². The first-order chi connectivity index (χ1) is 6.69. The number of hydrogen-bond donors (Lipinski definition) is 0. The fraction of sp³-hybridized carbons (Fsp3) is 1.00. The largest absolute Gasteiger partial charge is 0.110 e. The van der Waals surface area contributed by atoms with Gasteiger partial charge in [-0.1, -0.05) is 58.9 Å². The second-order valence-corrected chi connectivity index (χ2v) is 50.5. The SMILES string of the molecule is C[Si](C)(C)[Si](C(Cl)Cl)([Si](C)(C)C)[Si](C)(C)C. The molecule has 0 aliphatic heterocycles. The Kier molecular flexibility index (Phi) is 5.29. The minimum atomic E-state index is -1.53. The first-order valence-electron chi connectivity index (χ1n) is 5.98. The molecule has 16 heavy (non-hydrogen) atoms. The highest BCUT2D eigenvalue weighted by Crippen LogP contribution is 2.42. The van der Waals surface area contributed by atoms with Crippen LogP contribution in [-0.4, -0.2) is 33.9 Å². The highest BCUT2D eigenvalue weighted by atomic mass is 35.5. The normalized spacial score (nSPS) is 15.8. The monoisotopic (exact) mass is 330 g/mol. The van der Waals surface area contributed by atoms with Crippen molar-refractivity contribution in [2.24, 2.45) is 0 Å². The van der Waals surface area contributed by atoms with Crippen LogP contribution < -0.4 is 0 Å². The van der Waals surface area contributed by atoms with Crippen molar-refractivity contribution in [3.63, 3.8) is 0 Å². The minimum absolute atomic E-state index is 0.0579. The Hall–Kier alpha value is 1.45. The van der Waals surface area contributed by atoms with Crippen molar-refractivity contribution in [2.75, 3.05) is 0 Å². The van der Waals surface area contributed by atoms with Gasteiger partial charge >= 0.3 is 0 Å². The summed E-state index contributed by atoms with van der Waals surface area (Å²) in [7, 11) is -3.82. The van der Waals surface area contributed by atoms with Crippen molar-refractivity contribution >= 4 is 52.6 Å². The third-order valence-corrected chi connectivity index (χ3v) is 81.3. The highest BCUT2D eigenvalue weighted by Gasteiger charge is 2.64. The van der Waals surface area contributed by atoms with E-state index in [4.69, 9.17) is 23.2 Å². The second kappa shape index (κ2) is 4.85. The molecule has 0 atom stereocenters. The van der Waals surface area contributed by atoms with Crippen molar-refractivity contribution in [3.05, 3.63) is 0 Å². The zero-order chi connectivity index (χ0) is 13.6. The third-order valence-electron chi connectivity index (χ3n) is 3.88. The van der Waals surface area contributed by atoms with Gasteiger partial charge in [-0.2, -0.15) is 0 Å². The zero-order valence-electron chi connectivity index (χ0n) is 12.3. The van der Waals surface area contributed by atoms with E-state index in [1.807, 2.05) is 0 Å². The number of alkyl halides is 2. The van der Waals surface area contributed by atoms with Gasteiger partial charge in [0.2, 0.25) is 0 Å². The summed E-state index contributed by atoms with van der Waals surface area (Å²) < 4.78 is -0.0579. The molecule has 0 fully saturated rings. The van der Waals surface area contributed by atoms with Gasteiger partial charge in [0.05, 0.1) is 11.1 Å². The molecule has 0 bridgehead atoms. The summed E-state index contributed by atoms with van der Waals surface area (Å²) in [6, 6.07) is 0. The van der Waals surface area contributed by atoms with Crippen LogP contribution in [0.1, 0.15) is 0 Å². The van der Waals surface area contributed by atoms with E-state index in [0.717, 1.165) is 0 Å². The van der Waals surface area contributed by atoms with Crippen molar-refractivity contribution in [3.8, 4) is 0 Å². The van der Waals surface area contributed by atoms with E-state index >= 15 is 0 Å². The maximum Gasteiger partial charge on any atom is 0.0910 e. The predicted molar refractivity (Wildman–Crippen MR) is 91.3 cm³/mol. The molecule has 0 spiro atoms. The summed E-state index contributed by atoms with van der Waals surface area (Å²) in [6.45, 7) is 21.0. The molecule has 6 heteroatoms. The van der Waals surface area contributed by atoms with E-state index in [9.17, 15) is 0 Å². The van der Waals surface area contributed by atoms with E-state index in [2.05, 4.69) is 58.9 Å². The van der Waals surface area contributed by atoms with E-state index in [0.29, 0.717) is 0 Å². The fourth-order valence-electron chi connectivity index (χ4n) is 4.36. The number of rotatable bonds is 4. The molecule has 98 valence electrons. The summed E-state index contributed by atoms with van der Waals surface area (Å²) in [4.78, 5) is 0. The molecule has 0 heterocycles. The lowest BCUT2D eigenvalue weighted by molar-refractivity contribution is 1.65. The Labute approximate surface area is 116 Å². The molecule has 0 unspecified atom stereocenters. The van der Waals surface area contributed by atoms with Gasteiger partial charge in [-0.05, 0) is 0 Å². The number of hydrogen-bond acceptors (Lipinski definition) is 0. The van der Waals surface area contributed by atoms with Crippen LogP contribution in [0.2, 0.25) is 58.9 Å². The zero-order valence-corrected chi connectivity index (χ0v) is 17.8. The van der Waals surface area contributed by atoms with Crippen LogP contribution in [0.15, 0.2) is 0 Å². The third kappa shape index (κ3) is 2.72. The Balaban J connectivity index is 6.05. The maximum atomic E-state index is 6.59. The van der Waals surface area contributed by atoms with Gasteiger partial charge < -0.3 is 0 Å². The lowest BCUT2D eigenvalue weighted by atomic mass is 11.8. The summed E-state index contributed by atoms with van der Waals surface area (Å²) in [6.07, 6.45) is 0. The molecule has 0 rings (SSSR count). The van der Waals surface area contributed by atoms with Crippen molar-refractivity contribution < 1.29 is 0 Å². The highest BCUT2D eigenvalue weighted by molar-refractivity contribution is 7.91. The molecule has 0 aliphatic rings. The molecule has 0 amide bonds. The molecule has 0 saturated heterocycles. The molecule has 0 saturated carbocycles. The lowest BCUT2D eigenvalue weighted by Gasteiger charge is -2.58. The smallest absolute Gasteiger partial charge is 0.0910 e. The van der Waals surface area contributed by atoms with Gasteiger partial charge in [0, 0.05) is 22.8 Å². The molecule has 0 aliphatic carbocycles. The maximum absolute atomic E-state index is 6.59. The van der Waals surface area contributed by atoms with Gasteiger partial charge in [-0.15, -0.1) is 23.2 Å². The molecular weight excluding hydrogens is 303 g/mol. The first-order valence-corrected chi connectivity index (χ1v) is 22.4. The topological polar surface area (TPSA) is 0 Å². The molecule has 0 radical (unpaired) electrons. The van der Waals surface area contributed by atoms with Crippen molar-refractivity contribution in [2.45, 2.75) is 63.4 Å². The van der Waals surface area contributed by atoms with Gasteiger partial charge in [-0.3, -0.25) is 0 Å². The molecule has 0 nitrogen and oxygen atoms in total. The summed E-state index contributed by atoms with van der Waals surface area (Å²) >= 11 is 13.2. The van der Waals surface area contributed by atoms with Crippen molar-refractivity contribution in [1.82, 2.24) is 0 Å². The van der Waals surface area contributed by atoms with E-state index in [1.165, 1.54) is 0 Å². The van der Waals surface area contributed by atoms with Crippen LogP contribution >= 0.6 is 23.2 Å². The summed E-state index contributed by atoms with van der Waals surface area (Å²) in [5.74, 6) is 0. The average molecular weight is 332 g/mol. The summed E-state index contributed by atoms with van der Waals surface area (Å²) in [5.41, 5.74) is 0. The Morgan fingerprint density at radius 3 is 0.750 bits per heavy atom. The van der Waals surface area contributed by atoms with Crippen LogP contribution in [0, 0.1) is 0 Å². The van der Waals surface area contributed by atoms with Crippen LogP contribution in [0.3, 0.4) is 0 Å². The quantitative estimate of drug-likeness (QED) is 0.501. The van der Waals surface area contributed by atoms with E-state index in [1.54, 1.807) is 0 Å². The first kappa shape index (κ1) is 17.4. The van der Waals surface area contributed by atoms with Crippen molar-refractivity contribution in [1.29, 1.82) is 0 Å². The number of halogens is 2. The van der Waals surface area contributed by atoms with Crippen LogP contribution in [0.5, 0.6) is 0 Å². The van der Waals surface area contributed by atoms with Crippen LogP contribution in [0.4, 0.5) is 0 Å². The average Bonchev–Trinajstić information content (AvgIpc) is 1.71. The Morgan fingerprint density at radius 2 is 0.750 bits per heavy atom. The Bertz CT molecular complexity index is 209. The fourth-order valence-corrected chi connectivity index (χ4v) is 118. The van der Waals surface area contributed by atoms with Gasteiger partial charge in [0.1, 0.15) is 0 Å². The Morgan fingerprint density at radius 1 is 0.562 bits per heavy atom.